The van der Waals surface area contributed by atoms with Gasteiger partial charge < -0.3 is 10.1 Å². The van der Waals surface area contributed by atoms with E-state index in [2.05, 4.69) is 10.1 Å². The molecule has 0 heterocycles. The number of anilines is 1. The lowest BCUT2D eigenvalue weighted by molar-refractivity contribution is -0.119. The Labute approximate surface area is 146 Å². The summed E-state index contributed by atoms with van der Waals surface area (Å²) in [6.45, 7) is -0.718. The molecule has 0 radical (unpaired) electrons. The Kier molecular flexibility index (Phi) is 5.98. The zero-order valence-corrected chi connectivity index (χ0v) is 13.8. The zero-order chi connectivity index (χ0) is 19.3. The number of halogens is 3. The Hall–Kier alpha value is -2.88. The summed E-state index contributed by atoms with van der Waals surface area (Å²) in [5, 5.41) is 2.28. The molecular weight excluding hydrogens is 375 g/mol. The quantitative estimate of drug-likeness (QED) is 0.770. The molecule has 0 saturated heterocycles. The van der Waals surface area contributed by atoms with Crippen molar-refractivity contribution in [2.24, 2.45) is 0 Å². The minimum absolute atomic E-state index is 0.102. The van der Waals surface area contributed by atoms with Crippen molar-refractivity contribution in [3.63, 3.8) is 0 Å². The van der Waals surface area contributed by atoms with Crippen molar-refractivity contribution in [2.75, 3.05) is 11.9 Å². The van der Waals surface area contributed by atoms with E-state index in [1.54, 1.807) is 0 Å². The predicted octanol–water partition coefficient (Wildman–Crippen LogP) is 2.62. The molecular formula is C16H12F3NO5S. The Morgan fingerprint density at radius 3 is 2.23 bits per heavy atom. The van der Waals surface area contributed by atoms with E-state index < -0.39 is 44.8 Å². The van der Waals surface area contributed by atoms with Gasteiger partial charge in [-0.3, -0.25) is 4.79 Å². The second-order valence-electron chi connectivity index (χ2n) is 4.93. The molecule has 0 unspecified atom stereocenters. The van der Waals surface area contributed by atoms with Crippen LogP contribution in [0.25, 0.3) is 0 Å². The number of nitrogens with one attached hydrogen (secondary N) is 1. The molecule has 0 aliphatic carbocycles. The first kappa shape index (κ1) is 19.4. The molecule has 26 heavy (non-hydrogen) atoms. The Morgan fingerprint density at radius 2 is 1.65 bits per heavy atom. The number of benzene rings is 2. The van der Waals surface area contributed by atoms with Gasteiger partial charge in [0.2, 0.25) is 9.84 Å². The van der Waals surface area contributed by atoms with Crippen molar-refractivity contribution in [1.29, 1.82) is 0 Å². The number of rotatable bonds is 6. The molecule has 0 saturated carbocycles. The fourth-order valence-corrected chi connectivity index (χ4v) is 2.58. The zero-order valence-electron chi connectivity index (χ0n) is 13.0. The SMILES string of the molecule is O=C(COC(=O)c1ccccc1F)Nc1ccc(S(=O)(=O)C(F)F)cc1. The van der Waals surface area contributed by atoms with Gasteiger partial charge in [-0.15, -0.1) is 0 Å². The number of ether oxygens (including phenoxy) is 1. The summed E-state index contributed by atoms with van der Waals surface area (Å²) in [6.07, 6.45) is 0. The van der Waals surface area contributed by atoms with Crippen LogP contribution >= 0.6 is 0 Å². The fourth-order valence-electron chi connectivity index (χ4n) is 1.86. The van der Waals surface area contributed by atoms with E-state index in [9.17, 15) is 31.2 Å². The first-order chi connectivity index (χ1) is 12.2. The number of esters is 1. The average Bonchev–Trinajstić information content (AvgIpc) is 2.60. The topological polar surface area (TPSA) is 89.5 Å². The molecule has 2 aromatic carbocycles. The lowest BCUT2D eigenvalue weighted by Crippen LogP contribution is -2.21. The minimum Gasteiger partial charge on any atom is -0.452 e. The van der Waals surface area contributed by atoms with Gasteiger partial charge in [-0.25, -0.2) is 17.6 Å². The summed E-state index contributed by atoms with van der Waals surface area (Å²) in [4.78, 5) is 22.8. The van der Waals surface area contributed by atoms with Gasteiger partial charge >= 0.3 is 11.7 Å². The van der Waals surface area contributed by atoms with E-state index >= 15 is 0 Å². The number of alkyl halides is 2. The molecule has 0 atom stereocenters. The number of amides is 1. The molecule has 0 aliphatic heterocycles. The van der Waals surface area contributed by atoms with Crippen molar-refractivity contribution in [1.82, 2.24) is 0 Å². The summed E-state index contributed by atoms with van der Waals surface area (Å²) >= 11 is 0. The van der Waals surface area contributed by atoms with Crippen LogP contribution in [0.3, 0.4) is 0 Å². The second-order valence-corrected chi connectivity index (χ2v) is 6.85. The first-order valence-electron chi connectivity index (χ1n) is 7.05. The van der Waals surface area contributed by atoms with Gasteiger partial charge in [-0.2, -0.15) is 8.78 Å². The standard InChI is InChI=1S/C16H12F3NO5S/c17-13-4-2-1-3-12(13)15(22)25-9-14(21)20-10-5-7-11(8-6-10)26(23,24)16(18)19/h1-8,16H,9H2,(H,20,21). The second kappa shape index (κ2) is 8.00. The Balaban J connectivity index is 1.94. The third-order valence-corrected chi connectivity index (χ3v) is 4.53. The first-order valence-corrected chi connectivity index (χ1v) is 8.60. The highest BCUT2D eigenvalue weighted by molar-refractivity contribution is 7.91. The molecule has 0 bridgehead atoms. The van der Waals surface area contributed by atoms with E-state index in [1.807, 2.05) is 0 Å². The highest BCUT2D eigenvalue weighted by Crippen LogP contribution is 2.20. The molecule has 6 nitrogen and oxygen atoms in total. The van der Waals surface area contributed by atoms with E-state index in [0.717, 1.165) is 30.3 Å². The van der Waals surface area contributed by atoms with Gasteiger partial charge in [0.05, 0.1) is 10.5 Å². The van der Waals surface area contributed by atoms with E-state index in [4.69, 9.17) is 0 Å². The highest BCUT2D eigenvalue weighted by Gasteiger charge is 2.26. The average molecular weight is 387 g/mol. The van der Waals surface area contributed by atoms with Crippen LogP contribution in [-0.4, -0.2) is 32.7 Å². The van der Waals surface area contributed by atoms with Crippen LogP contribution in [0.1, 0.15) is 10.4 Å². The molecule has 138 valence electrons. The monoisotopic (exact) mass is 387 g/mol. The summed E-state index contributed by atoms with van der Waals surface area (Å²) in [7, 11) is -4.73. The van der Waals surface area contributed by atoms with Crippen LogP contribution < -0.4 is 5.32 Å². The summed E-state index contributed by atoms with van der Waals surface area (Å²) in [5.74, 6) is -6.16. The van der Waals surface area contributed by atoms with Crippen LogP contribution in [0.15, 0.2) is 53.4 Å². The van der Waals surface area contributed by atoms with Crippen molar-refractivity contribution >= 4 is 27.4 Å². The number of carbonyl (C=O) groups is 2. The molecule has 10 heteroatoms. The van der Waals surface area contributed by atoms with Crippen LogP contribution in [0.5, 0.6) is 0 Å². The molecule has 0 fully saturated rings. The molecule has 0 aliphatic rings. The third kappa shape index (κ3) is 4.60. The van der Waals surface area contributed by atoms with Gasteiger partial charge in [-0.1, -0.05) is 12.1 Å². The molecule has 0 spiro atoms. The van der Waals surface area contributed by atoms with Crippen molar-refractivity contribution in [2.45, 2.75) is 10.7 Å². The lowest BCUT2D eigenvalue weighted by atomic mass is 10.2. The minimum atomic E-state index is -4.73. The third-order valence-electron chi connectivity index (χ3n) is 3.13. The smallest absolute Gasteiger partial charge is 0.341 e. The number of sulfone groups is 1. The normalized spacial score (nSPS) is 11.2. The Morgan fingerprint density at radius 1 is 1.04 bits per heavy atom. The molecule has 2 aromatic rings. The fraction of sp³-hybridized carbons (Fsp3) is 0.125. The van der Waals surface area contributed by atoms with Crippen LogP contribution in [0.4, 0.5) is 18.9 Å². The summed E-state index contributed by atoms with van der Waals surface area (Å²) in [5.41, 5.74) is -0.230. The van der Waals surface area contributed by atoms with Gasteiger partial charge in [0.1, 0.15) is 5.82 Å². The number of hydrogen-bond acceptors (Lipinski definition) is 5. The van der Waals surface area contributed by atoms with E-state index in [-0.39, 0.29) is 11.3 Å². The van der Waals surface area contributed by atoms with Crippen molar-refractivity contribution in [3.8, 4) is 0 Å². The van der Waals surface area contributed by atoms with Crippen molar-refractivity contribution < 1.29 is 35.9 Å². The van der Waals surface area contributed by atoms with Gasteiger partial charge in [0.15, 0.2) is 6.61 Å². The molecule has 2 rings (SSSR count). The summed E-state index contributed by atoms with van der Waals surface area (Å²) in [6, 6.07) is 9.08. The van der Waals surface area contributed by atoms with Crippen molar-refractivity contribution in [3.05, 3.63) is 59.9 Å². The summed E-state index contributed by atoms with van der Waals surface area (Å²) < 4.78 is 65.5. The highest BCUT2D eigenvalue weighted by atomic mass is 32.2. The maximum absolute atomic E-state index is 13.4. The molecule has 0 aromatic heterocycles. The Bertz CT molecular complexity index is 914. The van der Waals surface area contributed by atoms with Gasteiger partial charge in [0, 0.05) is 5.69 Å². The van der Waals surface area contributed by atoms with E-state index in [0.29, 0.717) is 0 Å². The van der Waals surface area contributed by atoms with E-state index in [1.165, 1.54) is 18.2 Å². The maximum atomic E-state index is 13.4. The number of carbonyl (C=O) groups excluding carboxylic acids is 2. The van der Waals surface area contributed by atoms with Crippen LogP contribution in [-0.2, 0) is 19.4 Å². The van der Waals surface area contributed by atoms with Gasteiger partial charge in [-0.05, 0) is 36.4 Å². The largest absolute Gasteiger partial charge is 0.452 e. The molecule has 1 N–H and O–H groups in total. The van der Waals surface area contributed by atoms with Gasteiger partial charge in [0.25, 0.3) is 5.91 Å². The lowest BCUT2D eigenvalue weighted by Gasteiger charge is -2.08. The number of hydrogen-bond donors (Lipinski definition) is 1. The predicted molar refractivity (Wildman–Crippen MR) is 84.9 cm³/mol. The van der Waals surface area contributed by atoms with Crippen LogP contribution in [0.2, 0.25) is 0 Å². The van der Waals surface area contributed by atoms with Crippen LogP contribution in [0, 0.1) is 5.82 Å². The molecule has 1 amide bonds. The maximum Gasteiger partial charge on any atom is 0.341 e.